The fourth-order valence-electron chi connectivity index (χ4n) is 2.66. The van der Waals surface area contributed by atoms with E-state index in [2.05, 4.69) is 26.1 Å². The molecule has 1 aliphatic rings. The molecule has 1 N–H and O–H groups in total. The van der Waals surface area contributed by atoms with E-state index in [4.69, 9.17) is 4.74 Å². The Morgan fingerprint density at radius 1 is 1.07 bits per heavy atom. The van der Waals surface area contributed by atoms with Gasteiger partial charge >= 0.3 is 0 Å². The topological polar surface area (TPSA) is 72.5 Å². The van der Waals surface area contributed by atoms with Gasteiger partial charge in [-0.2, -0.15) is 0 Å². The van der Waals surface area contributed by atoms with E-state index in [1.165, 1.54) is 17.7 Å². The molecule has 0 saturated heterocycles. The molecule has 3 rings (SSSR count). The number of amides is 1. The molecule has 0 unspecified atom stereocenters. The average Bonchev–Trinajstić information content (AvgIpc) is 3.40. The predicted octanol–water partition coefficient (Wildman–Crippen LogP) is 4.53. The van der Waals surface area contributed by atoms with Crippen LogP contribution in [-0.4, -0.2) is 20.6 Å². The van der Waals surface area contributed by atoms with E-state index in [0.717, 1.165) is 19.1 Å². The fraction of sp³-hybridized carbons (Fsp3) is 0.381. The van der Waals surface area contributed by atoms with Crippen LogP contribution in [-0.2, 0) is 20.0 Å². The highest BCUT2D eigenvalue weighted by Gasteiger charge is 2.30. The molecular formula is C21H25NO4S. The summed E-state index contributed by atoms with van der Waals surface area (Å²) < 4.78 is 29.7. The van der Waals surface area contributed by atoms with Crippen molar-refractivity contribution in [2.75, 3.05) is 11.6 Å². The maximum Gasteiger partial charge on any atom is 0.227 e. The molecule has 0 spiro atoms. The van der Waals surface area contributed by atoms with E-state index in [1.54, 1.807) is 6.07 Å². The molecule has 0 heterocycles. The second-order valence-electron chi connectivity index (χ2n) is 8.07. The first-order valence-electron chi connectivity index (χ1n) is 8.97. The molecule has 0 aliphatic heterocycles. The summed E-state index contributed by atoms with van der Waals surface area (Å²) in [5.41, 5.74) is 1.60. The number of carbonyl (C=O) groups is 1. The van der Waals surface area contributed by atoms with Crippen molar-refractivity contribution in [3.8, 4) is 11.5 Å². The number of nitrogens with one attached hydrogen (secondary N) is 1. The Hall–Kier alpha value is -2.34. The molecule has 6 heteroatoms. The van der Waals surface area contributed by atoms with Crippen molar-refractivity contribution in [1.29, 1.82) is 0 Å². The summed E-state index contributed by atoms with van der Waals surface area (Å²) in [7, 11) is -3.38. The van der Waals surface area contributed by atoms with Crippen LogP contribution in [0.4, 0.5) is 5.69 Å². The number of hydrogen-bond acceptors (Lipinski definition) is 4. The van der Waals surface area contributed by atoms with Gasteiger partial charge in [-0.1, -0.05) is 32.9 Å². The summed E-state index contributed by atoms with van der Waals surface area (Å²) in [5.74, 6) is 0.941. The standard InChI is InChI=1S/C21H25NO4S/c1-21(2,3)15-7-9-16(10-8-15)26-19-12-11-17(27(4,24)25)13-18(19)22-20(23)14-5-6-14/h7-14H,5-6H2,1-4H3,(H,22,23). The summed E-state index contributed by atoms with van der Waals surface area (Å²) >= 11 is 0. The van der Waals surface area contributed by atoms with E-state index in [-0.39, 0.29) is 22.1 Å². The summed E-state index contributed by atoms with van der Waals surface area (Å²) in [6.45, 7) is 6.41. The Bertz CT molecular complexity index is 953. The van der Waals surface area contributed by atoms with Gasteiger partial charge in [0.15, 0.2) is 15.6 Å². The van der Waals surface area contributed by atoms with E-state index in [9.17, 15) is 13.2 Å². The van der Waals surface area contributed by atoms with Crippen LogP contribution in [0.2, 0.25) is 0 Å². The zero-order valence-electron chi connectivity index (χ0n) is 16.1. The Labute approximate surface area is 160 Å². The maximum absolute atomic E-state index is 12.2. The summed E-state index contributed by atoms with van der Waals surface area (Å²) in [4.78, 5) is 12.3. The van der Waals surface area contributed by atoms with Gasteiger partial charge in [0.05, 0.1) is 10.6 Å². The number of benzene rings is 2. The van der Waals surface area contributed by atoms with E-state index >= 15 is 0 Å². The molecule has 1 amide bonds. The highest BCUT2D eigenvalue weighted by atomic mass is 32.2. The number of ether oxygens (including phenoxy) is 1. The van der Waals surface area contributed by atoms with Gasteiger partial charge in [-0.05, 0) is 54.2 Å². The van der Waals surface area contributed by atoms with E-state index in [1.807, 2.05) is 24.3 Å². The molecule has 2 aromatic rings. The lowest BCUT2D eigenvalue weighted by atomic mass is 9.87. The second kappa shape index (κ2) is 7.00. The quantitative estimate of drug-likeness (QED) is 0.818. The number of hydrogen-bond donors (Lipinski definition) is 1. The lowest BCUT2D eigenvalue weighted by Crippen LogP contribution is -2.14. The van der Waals surface area contributed by atoms with Crippen molar-refractivity contribution in [3.05, 3.63) is 48.0 Å². The minimum atomic E-state index is -3.38. The van der Waals surface area contributed by atoms with Crippen LogP contribution in [0, 0.1) is 5.92 Å². The van der Waals surface area contributed by atoms with Gasteiger partial charge in [-0.15, -0.1) is 0 Å². The first-order valence-corrected chi connectivity index (χ1v) is 10.9. The molecular weight excluding hydrogens is 362 g/mol. The van der Waals surface area contributed by atoms with E-state index < -0.39 is 9.84 Å². The summed E-state index contributed by atoms with van der Waals surface area (Å²) in [6.07, 6.45) is 2.87. The average molecular weight is 388 g/mol. The lowest BCUT2D eigenvalue weighted by Gasteiger charge is -2.19. The minimum Gasteiger partial charge on any atom is -0.455 e. The summed E-state index contributed by atoms with van der Waals surface area (Å²) in [6, 6.07) is 12.3. The summed E-state index contributed by atoms with van der Waals surface area (Å²) in [5, 5.41) is 2.81. The molecule has 0 bridgehead atoms. The first-order chi connectivity index (χ1) is 12.5. The SMILES string of the molecule is CC(C)(C)c1ccc(Oc2ccc(S(C)(=O)=O)cc2NC(=O)C2CC2)cc1. The van der Waals surface area contributed by atoms with Gasteiger partial charge in [0.2, 0.25) is 5.91 Å². The zero-order chi connectivity index (χ0) is 19.8. The number of carbonyl (C=O) groups excluding carboxylic acids is 1. The van der Waals surface area contributed by atoms with Gasteiger partial charge in [0.25, 0.3) is 0 Å². The monoisotopic (exact) mass is 387 g/mol. The molecule has 5 nitrogen and oxygen atoms in total. The van der Waals surface area contributed by atoms with Crippen LogP contribution in [0.3, 0.4) is 0 Å². The van der Waals surface area contributed by atoms with Crippen LogP contribution in [0.25, 0.3) is 0 Å². The third-order valence-corrected chi connectivity index (χ3v) is 5.64. The van der Waals surface area contributed by atoms with Crippen molar-refractivity contribution >= 4 is 21.4 Å². The van der Waals surface area contributed by atoms with Crippen LogP contribution in [0.15, 0.2) is 47.4 Å². The Morgan fingerprint density at radius 3 is 2.22 bits per heavy atom. The number of anilines is 1. The van der Waals surface area contributed by atoms with Crippen LogP contribution < -0.4 is 10.1 Å². The Kier molecular flexibility index (Phi) is 5.04. The van der Waals surface area contributed by atoms with Crippen LogP contribution in [0.1, 0.15) is 39.2 Å². The maximum atomic E-state index is 12.2. The van der Waals surface area contributed by atoms with Gasteiger partial charge < -0.3 is 10.1 Å². The lowest BCUT2D eigenvalue weighted by molar-refractivity contribution is -0.117. The van der Waals surface area contributed by atoms with Gasteiger partial charge in [0, 0.05) is 12.2 Å². The van der Waals surface area contributed by atoms with Gasteiger partial charge in [-0.3, -0.25) is 4.79 Å². The van der Waals surface area contributed by atoms with Crippen molar-refractivity contribution in [1.82, 2.24) is 0 Å². The molecule has 1 aliphatic carbocycles. The Morgan fingerprint density at radius 2 is 1.70 bits per heavy atom. The van der Waals surface area contributed by atoms with Crippen LogP contribution in [0.5, 0.6) is 11.5 Å². The Balaban J connectivity index is 1.90. The van der Waals surface area contributed by atoms with Crippen molar-refractivity contribution < 1.29 is 17.9 Å². The largest absolute Gasteiger partial charge is 0.455 e. The number of sulfone groups is 1. The molecule has 27 heavy (non-hydrogen) atoms. The fourth-order valence-corrected chi connectivity index (χ4v) is 3.30. The second-order valence-corrected chi connectivity index (χ2v) is 10.1. The molecule has 0 radical (unpaired) electrons. The minimum absolute atomic E-state index is 0.00538. The van der Waals surface area contributed by atoms with Gasteiger partial charge in [0.1, 0.15) is 5.75 Å². The predicted molar refractivity (Wildman–Crippen MR) is 106 cm³/mol. The van der Waals surface area contributed by atoms with Crippen molar-refractivity contribution in [2.24, 2.45) is 5.92 Å². The number of rotatable bonds is 5. The smallest absolute Gasteiger partial charge is 0.227 e. The molecule has 1 fully saturated rings. The molecule has 0 atom stereocenters. The zero-order valence-corrected chi connectivity index (χ0v) is 16.9. The highest BCUT2D eigenvalue weighted by Crippen LogP contribution is 2.36. The molecule has 2 aromatic carbocycles. The molecule has 0 aromatic heterocycles. The van der Waals surface area contributed by atoms with Crippen LogP contribution >= 0.6 is 0 Å². The third-order valence-electron chi connectivity index (χ3n) is 4.53. The highest BCUT2D eigenvalue weighted by molar-refractivity contribution is 7.90. The molecule has 1 saturated carbocycles. The first kappa shape index (κ1) is 19.4. The van der Waals surface area contributed by atoms with E-state index in [0.29, 0.717) is 17.2 Å². The van der Waals surface area contributed by atoms with Gasteiger partial charge in [-0.25, -0.2) is 8.42 Å². The normalized spacial score (nSPS) is 14.7. The third kappa shape index (κ3) is 4.89. The van der Waals surface area contributed by atoms with Crippen molar-refractivity contribution in [2.45, 2.75) is 43.9 Å². The molecule has 144 valence electrons. The van der Waals surface area contributed by atoms with Crippen molar-refractivity contribution in [3.63, 3.8) is 0 Å².